The molecular formula is C14H16O4. The maximum absolute atomic E-state index is 11.3. The molecule has 4 heteroatoms. The van der Waals surface area contributed by atoms with Gasteiger partial charge in [-0.2, -0.15) is 0 Å². The first-order valence-electron chi connectivity index (χ1n) is 5.63. The Kier molecular flexibility index (Phi) is 5.11. The number of carbonyl (C=O) groups is 2. The third-order valence-electron chi connectivity index (χ3n) is 2.24. The molecule has 0 aromatic heterocycles. The smallest absolute Gasteiger partial charge is 0.336 e. The molecule has 0 fully saturated rings. The SMILES string of the molecule is C=C(COc1ccc(C(C)=O)cc1)C(=O)OCC. The molecule has 0 unspecified atom stereocenters. The molecule has 0 amide bonds. The van der Waals surface area contributed by atoms with E-state index in [0.717, 1.165) is 0 Å². The van der Waals surface area contributed by atoms with Crippen LogP contribution in [0.4, 0.5) is 0 Å². The summed E-state index contributed by atoms with van der Waals surface area (Å²) in [5.74, 6) is 0.112. The third-order valence-corrected chi connectivity index (χ3v) is 2.24. The number of hydrogen-bond acceptors (Lipinski definition) is 4. The highest BCUT2D eigenvalue weighted by Crippen LogP contribution is 2.13. The van der Waals surface area contributed by atoms with Crippen LogP contribution >= 0.6 is 0 Å². The maximum atomic E-state index is 11.3. The fraction of sp³-hybridized carbons (Fsp3) is 0.286. The topological polar surface area (TPSA) is 52.6 Å². The van der Waals surface area contributed by atoms with Gasteiger partial charge in [0.2, 0.25) is 0 Å². The number of hydrogen-bond donors (Lipinski definition) is 0. The average molecular weight is 248 g/mol. The summed E-state index contributed by atoms with van der Waals surface area (Å²) >= 11 is 0. The van der Waals surface area contributed by atoms with E-state index in [9.17, 15) is 9.59 Å². The molecule has 0 aliphatic rings. The van der Waals surface area contributed by atoms with Crippen molar-refractivity contribution in [3.05, 3.63) is 42.0 Å². The predicted octanol–water partition coefficient (Wildman–Crippen LogP) is 2.39. The van der Waals surface area contributed by atoms with Crippen LogP contribution in [0.3, 0.4) is 0 Å². The van der Waals surface area contributed by atoms with Gasteiger partial charge in [-0.25, -0.2) is 4.79 Å². The summed E-state index contributed by atoms with van der Waals surface area (Å²) in [6.45, 7) is 7.19. The van der Waals surface area contributed by atoms with Gasteiger partial charge in [-0.1, -0.05) is 6.58 Å². The van der Waals surface area contributed by atoms with Crippen LogP contribution in [0.1, 0.15) is 24.2 Å². The zero-order valence-electron chi connectivity index (χ0n) is 10.6. The minimum Gasteiger partial charge on any atom is -0.489 e. The van der Waals surface area contributed by atoms with Gasteiger partial charge in [-0.15, -0.1) is 0 Å². The highest BCUT2D eigenvalue weighted by Gasteiger charge is 2.08. The fourth-order valence-electron chi connectivity index (χ4n) is 1.25. The minimum atomic E-state index is -0.460. The average Bonchev–Trinajstić information content (AvgIpc) is 2.36. The van der Waals surface area contributed by atoms with E-state index in [-0.39, 0.29) is 18.0 Å². The molecule has 0 saturated carbocycles. The molecule has 1 rings (SSSR count). The zero-order chi connectivity index (χ0) is 13.5. The second-order valence-electron chi connectivity index (χ2n) is 3.69. The van der Waals surface area contributed by atoms with E-state index >= 15 is 0 Å². The predicted molar refractivity (Wildman–Crippen MR) is 67.7 cm³/mol. The van der Waals surface area contributed by atoms with Gasteiger partial charge >= 0.3 is 5.97 Å². The van der Waals surface area contributed by atoms with Crippen molar-refractivity contribution in [2.45, 2.75) is 13.8 Å². The number of esters is 1. The van der Waals surface area contributed by atoms with Crippen molar-refractivity contribution in [2.24, 2.45) is 0 Å². The molecule has 96 valence electrons. The van der Waals surface area contributed by atoms with Gasteiger partial charge in [-0.05, 0) is 38.1 Å². The number of rotatable bonds is 6. The molecule has 1 aromatic rings. The second kappa shape index (κ2) is 6.59. The minimum absolute atomic E-state index is 0.00233. The maximum Gasteiger partial charge on any atom is 0.336 e. The molecule has 0 radical (unpaired) electrons. The Labute approximate surface area is 106 Å². The summed E-state index contributed by atoms with van der Waals surface area (Å²) in [5, 5.41) is 0. The first-order valence-corrected chi connectivity index (χ1v) is 5.63. The van der Waals surface area contributed by atoms with Gasteiger partial charge in [0.05, 0.1) is 12.2 Å². The van der Waals surface area contributed by atoms with E-state index in [4.69, 9.17) is 9.47 Å². The summed E-state index contributed by atoms with van der Waals surface area (Å²) in [5.41, 5.74) is 0.874. The summed E-state index contributed by atoms with van der Waals surface area (Å²) in [6.07, 6.45) is 0. The number of Topliss-reactive ketones (excluding diaryl/α,β-unsaturated/α-hetero) is 1. The van der Waals surface area contributed by atoms with E-state index in [2.05, 4.69) is 6.58 Å². The van der Waals surface area contributed by atoms with Crippen LogP contribution in [0.25, 0.3) is 0 Å². The van der Waals surface area contributed by atoms with E-state index in [1.165, 1.54) is 6.92 Å². The van der Waals surface area contributed by atoms with Crippen molar-refractivity contribution in [3.8, 4) is 5.75 Å². The summed E-state index contributed by atoms with van der Waals surface area (Å²) in [4.78, 5) is 22.3. The largest absolute Gasteiger partial charge is 0.489 e. The van der Waals surface area contributed by atoms with Gasteiger partial charge in [0, 0.05) is 5.56 Å². The monoisotopic (exact) mass is 248 g/mol. The van der Waals surface area contributed by atoms with Crippen LogP contribution in [0.2, 0.25) is 0 Å². The quantitative estimate of drug-likeness (QED) is 0.440. The molecular weight excluding hydrogens is 232 g/mol. The van der Waals surface area contributed by atoms with Crippen LogP contribution in [-0.4, -0.2) is 25.0 Å². The normalized spacial score (nSPS) is 9.67. The molecule has 0 atom stereocenters. The van der Waals surface area contributed by atoms with Gasteiger partial charge in [0.25, 0.3) is 0 Å². The van der Waals surface area contributed by atoms with E-state index in [1.54, 1.807) is 31.2 Å². The van der Waals surface area contributed by atoms with Crippen molar-refractivity contribution in [2.75, 3.05) is 13.2 Å². The molecule has 0 aliphatic heterocycles. The molecule has 1 aromatic carbocycles. The lowest BCUT2D eigenvalue weighted by Crippen LogP contribution is -2.13. The first-order chi connectivity index (χ1) is 8.54. The van der Waals surface area contributed by atoms with Crippen molar-refractivity contribution >= 4 is 11.8 Å². The molecule has 18 heavy (non-hydrogen) atoms. The zero-order valence-corrected chi connectivity index (χ0v) is 10.6. The Morgan fingerprint density at radius 1 is 1.22 bits per heavy atom. The van der Waals surface area contributed by atoms with Gasteiger partial charge in [0.15, 0.2) is 5.78 Å². The standard InChI is InChI=1S/C14H16O4/c1-4-17-14(16)10(2)9-18-13-7-5-12(6-8-13)11(3)15/h5-8H,2,4,9H2,1,3H3. The van der Waals surface area contributed by atoms with Gasteiger partial charge in [-0.3, -0.25) is 4.79 Å². The summed E-state index contributed by atoms with van der Waals surface area (Å²) < 4.78 is 10.1. The highest BCUT2D eigenvalue weighted by molar-refractivity contribution is 5.94. The molecule has 4 nitrogen and oxygen atoms in total. The lowest BCUT2D eigenvalue weighted by atomic mass is 10.1. The van der Waals surface area contributed by atoms with Crippen LogP contribution in [-0.2, 0) is 9.53 Å². The number of carbonyl (C=O) groups excluding carboxylic acids is 2. The van der Waals surface area contributed by atoms with E-state index in [1.807, 2.05) is 0 Å². The molecule has 0 saturated heterocycles. The molecule has 0 spiro atoms. The Bertz CT molecular complexity index is 445. The Morgan fingerprint density at radius 2 is 1.83 bits per heavy atom. The first kappa shape index (κ1) is 14.0. The number of benzene rings is 1. The fourth-order valence-corrected chi connectivity index (χ4v) is 1.25. The molecule has 0 N–H and O–H groups in total. The Balaban J connectivity index is 2.51. The Hall–Kier alpha value is -2.10. The molecule has 0 aliphatic carbocycles. The van der Waals surface area contributed by atoms with Gasteiger partial charge in [0.1, 0.15) is 12.4 Å². The van der Waals surface area contributed by atoms with E-state index in [0.29, 0.717) is 17.9 Å². The van der Waals surface area contributed by atoms with Crippen molar-refractivity contribution < 1.29 is 19.1 Å². The lowest BCUT2D eigenvalue weighted by molar-refractivity contribution is -0.138. The van der Waals surface area contributed by atoms with Gasteiger partial charge < -0.3 is 9.47 Å². The lowest BCUT2D eigenvalue weighted by Gasteiger charge is -2.08. The number of ketones is 1. The van der Waals surface area contributed by atoms with E-state index < -0.39 is 5.97 Å². The van der Waals surface area contributed by atoms with Crippen molar-refractivity contribution in [1.82, 2.24) is 0 Å². The van der Waals surface area contributed by atoms with Crippen LogP contribution in [0.15, 0.2) is 36.4 Å². The third kappa shape index (κ3) is 4.05. The van der Waals surface area contributed by atoms with Crippen molar-refractivity contribution in [3.63, 3.8) is 0 Å². The number of ether oxygens (including phenoxy) is 2. The van der Waals surface area contributed by atoms with Crippen LogP contribution < -0.4 is 4.74 Å². The summed E-state index contributed by atoms with van der Waals surface area (Å²) in [6, 6.07) is 6.69. The van der Waals surface area contributed by atoms with Crippen LogP contribution in [0, 0.1) is 0 Å². The second-order valence-corrected chi connectivity index (χ2v) is 3.69. The van der Waals surface area contributed by atoms with Crippen molar-refractivity contribution in [1.29, 1.82) is 0 Å². The molecule has 0 heterocycles. The Morgan fingerprint density at radius 3 is 2.33 bits per heavy atom. The highest BCUT2D eigenvalue weighted by atomic mass is 16.5. The molecule has 0 bridgehead atoms. The summed E-state index contributed by atoms with van der Waals surface area (Å²) in [7, 11) is 0. The van der Waals surface area contributed by atoms with Crippen LogP contribution in [0.5, 0.6) is 5.75 Å².